The van der Waals surface area contributed by atoms with E-state index in [-0.39, 0.29) is 25.0 Å². The van der Waals surface area contributed by atoms with Gasteiger partial charge in [0.05, 0.1) is 11.1 Å². The van der Waals surface area contributed by atoms with Crippen LogP contribution in [0.3, 0.4) is 0 Å². The molecule has 0 aliphatic rings. The SMILES string of the molecule is O=C(O)c1cccc2cccnc12.[Zn]. The number of pyridine rings is 1. The van der Waals surface area contributed by atoms with Gasteiger partial charge >= 0.3 is 5.97 Å². The maximum Gasteiger partial charge on any atom is 0.337 e. The predicted octanol–water partition coefficient (Wildman–Crippen LogP) is 1.93. The summed E-state index contributed by atoms with van der Waals surface area (Å²) in [5.74, 6) is -0.940. The van der Waals surface area contributed by atoms with Crippen LogP contribution in [0.5, 0.6) is 0 Å². The number of aromatic carboxylic acids is 1. The fourth-order valence-electron chi connectivity index (χ4n) is 1.28. The molecule has 0 saturated carbocycles. The van der Waals surface area contributed by atoms with E-state index < -0.39 is 5.97 Å². The van der Waals surface area contributed by atoms with Gasteiger partial charge < -0.3 is 5.11 Å². The molecule has 0 amide bonds. The van der Waals surface area contributed by atoms with Gasteiger partial charge in [0.2, 0.25) is 0 Å². The Morgan fingerprint density at radius 3 is 2.64 bits per heavy atom. The summed E-state index contributed by atoms with van der Waals surface area (Å²) in [6.07, 6.45) is 1.59. The van der Waals surface area contributed by atoms with Crippen molar-refractivity contribution in [2.45, 2.75) is 0 Å². The summed E-state index contributed by atoms with van der Waals surface area (Å²) >= 11 is 0. The van der Waals surface area contributed by atoms with E-state index >= 15 is 0 Å². The molecule has 0 radical (unpaired) electrons. The van der Waals surface area contributed by atoms with Crippen LogP contribution in [0.15, 0.2) is 36.5 Å². The molecular weight excluding hydrogens is 232 g/mol. The van der Waals surface area contributed by atoms with E-state index in [1.54, 1.807) is 24.4 Å². The summed E-state index contributed by atoms with van der Waals surface area (Å²) in [4.78, 5) is 14.8. The zero-order valence-corrected chi connectivity index (χ0v) is 10.4. The normalized spacial score (nSPS) is 9.43. The first-order valence-electron chi connectivity index (χ1n) is 3.86. The molecule has 0 atom stereocenters. The standard InChI is InChI=1S/C10H7NO2.Zn/c12-10(13)8-5-1-3-7-4-2-6-11-9(7)8;/h1-6H,(H,12,13);. The van der Waals surface area contributed by atoms with Crippen molar-refractivity contribution in [1.82, 2.24) is 4.98 Å². The quantitative estimate of drug-likeness (QED) is 0.773. The van der Waals surface area contributed by atoms with Crippen LogP contribution >= 0.6 is 0 Å². The largest absolute Gasteiger partial charge is 0.478 e. The zero-order valence-electron chi connectivity index (χ0n) is 7.47. The molecule has 3 nitrogen and oxygen atoms in total. The first kappa shape index (κ1) is 10.8. The Balaban J connectivity index is 0.000000980. The minimum atomic E-state index is -0.940. The number of carboxylic acids is 1. The maximum absolute atomic E-state index is 10.8. The zero-order chi connectivity index (χ0) is 9.26. The molecule has 0 bridgehead atoms. The van der Waals surface area contributed by atoms with Crippen LogP contribution in [0.4, 0.5) is 0 Å². The average molecular weight is 239 g/mol. The number of hydrogen-bond acceptors (Lipinski definition) is 2. The molecule has 0 aliphatic carbocycles. The van der Waals surface area contributed by atoms with Crippen molar-refractivity contribution in [3.05, 3.63) is 42.1 Å². The number of carbonyl (C=O) groups is 1. The van der Waals surface area contributed by atoms with E-state index in [2.05, 4.69) is 4.98 Å². The van der Waals surface area contributed by atoms with Gasteiger partial charge in [-0.2, -0.15) is 0 Å². The van der Waals surface area contributed by atoms with E-state index in [1.807, 2.05) is 12.1 Å². The van der Waals surface area contributed by atoms with Gasteiger partial charge in [0.25, 0.3) is 0 Å². The van der Waals surface area contributed by atoms with Crippen LogP contribution in [0.25, 0.3) is 10.9 Å². The number of rotatable bonds is 1. The minimum absolute atomic E-state index is 0. The third kappa shape index (κ3) is 1.80. The Morgan fingerprint density at radius 2 is 1.93 bits per heavy atom. The van der Waals surface area contributed by atoms with E-state index in [9.17, 15) is 4.79 Å². The summed E-state index contributed by atoms with van der Waals surface area (Å²) in [6, 6.07) is 8.74. The van der Waals surface area contributed by atoms with Crippen molar-refractivity contribution in [2.75, 3.05) is 0 Å². The van der Waals surface area contributed by atoms with Crippen LogP contribution in [0, 0.1) is 0 Å². The van der Waals surface area contributed by atoms with E-state index in [0.29, 0.717) is 5.52 Å². The number of carboxylic acid groups (broad SMARTS) is 1. The molecule has 2 aromatic rings. The molecule has 0 aliphatic heterocycles. The van der Waals surface area contributed by atoms with Crippen molar-refractivity contribution >= 4 is 16.9 Å². The van der Waals surface area contributed by atoms with Crippen molar-refractivity contribution < 1.29 is 29.4 Å². The topological polar surface area (TPSA) is 50.2 Å². The van der Waals surface area contributed by atoms with Gasteiger partial charge in [0.15, 0.2) is 0 Å². The molecule has 0 fully saturated rings. The number of fused-ring (bicyclic) bond motifs is 1. The number of benzene rings is 1. The molecule has 4 heteroatoms. The van der Waals surface area contributed by atoms with Crippen molar-refractivity contribution in [2.24, 2.45) is 0 Å². The maximum atomic E-state index is 10.8. The Morgan fingerprint density at radius 1 is 1.21 bits per heavy atom. The third-order valence-electron chi connectivity index (χ3n) is 1.86. The van der Waals surface area contributed by atoms with Crippen molar-refractivity contribution in [1.29, 1.82) is 0 Å². The molecule has 1 aromatic carbocycles. The van der Waals surface area contributed by atoms with Gasteiger partial charge in [-0.25, -0.2) is 4.79 Å². The molecule has 2 rings (SSSR count). The first-order chi connectivity index (χ1) is 6.29. The van der Waals surface area contributed by atoms with Gasteiger partial charge in [0.1, 0.15) is 0 Å². The first-order valence-corrected chi connectivity index (χ1v) is 3.86. The van der Waals surface area contributed by atoms with Crippen LogP contribution in [-0.2, 0) is 19.5 Å². The van der Waals surface area contributed by atoms with Crippen LogP contribution in [0.2, 0.25) is 0 Å². The molecule has 0 saturated heterocycles. The Hall–Kier alpha value is -1.28. The molecule has 0 spiro atoms. The third-order valence-corrected chi connectivity index (χ3v) is 1.86. The van der Waals surface area contributed by atoms with E-state index in [1.165, 1.54) is 0 Å². The summed E-state index contributed by atoms with van der Waals surface area (Å²) in [5, 5.41) is 9.69. The predicted molar refractivity (Wildman–Crippen MR) is 48.7 cm³/mol. The molecule has 1 aromatic heterocycles. The summed E-state index contributed by atoms with van der Waals surface area (Å²) in [6.45, 7) is 0. The van der Waals surface area contributed by atoms with Crippen molar-refractivity contribution in [3.8, 4) is 0 Å². The molecule has 1 N–H and O–H groups in total. The Labute approximate surface area is 93.5 Å². The van der Waals surface area contributed by atoms with Crippen molar-refractivity contribution in [3.63, 3.8) is 0 Å². The number of aromatic nitrogens is 1. The van der Waals surface area contributed by atoms with Crippen LogP contribution in [-0.4, -0.2) is 16.1 Å². The smallest absolute Gasteiger partial charge is 0.337 e. The molecular formula is C10H7NO2Zn. The second-order valence-corrected chi connectivity index (χ2v) is 2.69. The Kier molecular flexibility index (Phi) is 3.31. The van der Waals surface area contributed by atoms with Gasteiger partial charge in [-0.3, -0.25) is 4.98 Å². The van der Waals surface area contributed by atoms with E-state index in [0.717, 1.165) is 5.39 Å². The van der Waals surface area contributed by atoms with Gasteiger partial charge in [0, 0.05) is 31.1 Å². The van der Waals surface area contributed by atoms with Gasteiger partial charge in [-0.15, -0.1) is 0 Å². The summed E-state index contributed by atoms with van der Waals surface area (Å²) in [7, 11) is 0. The summed E-state index contributed by atoms with van der Waals surface area (Å²) in [5.41, 5.74) is 0.788. The molecule has 14 heavy (non-hydrogen) atoms. The number of nitrogens with zero attached hydrogens (tertiary/aromatic N) is 1. The fourth-order valence-corrected chi connectivity index (χ4v) is 1.28. The number of hydrogen-bond donors (Lipinski definition) is 1. The minimum Gasteiger partial charge on any atom is -0.478 e. The fraction of sp³-hybridized carbons (Fsp3) is 0. The van der Waals surface area contributed by atoms with E-state index in [4.69, 9.17) is 5.11 Å². The monoisotopic (exact) mass is 237 g/mol. The van der Waals surface area contributed by atoms with Crippen LogP contribution in [0.1, 0.15) is 10.4 Å². The Bertz CT molecular complexity index is 465. The number of para-hydroxylation sites is 1. The molecule has 1 heterocycles. The van der Waals surface area contributed by atoms with Gasteiger partial charge in [-0.05, 0) is 12.1 Å². The average Bonchev–Trinajstić information content (AvgIpc) is 2.17. The second-order valence-electron chi connectivity index (χ2n) is 2.69. The summed E-state index contributed by atoms with van der Waals surface area (Å²) < 4.78 is 0. The molecule has 66 valence electrons. The van der Waals surface area contributed by atoms with Crippen LogP contribution < -0.4 is 0 Å². The van der Waals surface area contributed by atoms with Gasteiger partial charge in [-0.1, -0.05) is 18.2 Å². The second kappa shape index (κ2) is 4.29. The molecule has 0 unspecified atom stereocenters.